The van der Waals surface area contributed by atoms with Gasteiger partial charge in [-0.3, -0.25) is 0 Å². The molecule has 0 fully saturated rings. The molecular weight excluding hydrogens is 248 g/mol. The van der Waals surface area contributed by atoms with Gasteiger partial charge in [-0.15, -0.1) is 0 Å². The molecule has 20 heavy (non-hydrogen) atoms. The molecule has 0 saturated heterocycles. The SMILES string of the molecule is C=C(C[C@@H](O)C[C@@H](C)CCC=C(C)C)C[C@H](O)C(C)C. The van der Waals surface area contributed by atoms with Gasteiger partial charge in [0.2, 0.25) is 0 Å². The molecular formula is C18H34O2. The van der Waals surface area contributed by atoms with Gasteiger partial charge in [-0.25, -0.2) is 0 Å². The second-order valence-electron chi connectivity index (χ2n) is 6.82. The number of allylic oxidation sites excluding steroid dienone is 2. The van der Waals surface area contributed by atoms with E-state index in [0.29, 0.717) is 18.8 Å². The summed E-state index contributed by atoms with van der Waals surface area (Å²) in [4.78, 5) is 0. The monoisotopic (exact) mass is 282 g/mol. The number of aliphatic hydroxyl groups is 2. The van der Waals surface area contributed by atoms with Gasteiger partial charge in [-0.1, -0.05) is 44.6 Å². The number of rotatable bonds is 10. The van der Waals surface area contributed by atoms with Gasteiger partial charge in [-0.05, 0) is 57.8 Å². The molecule has 2 nitrogen and oxygen atoms in total. The molecule has 0 amide bonds. The maximum absolute atomic E-state index is 10.1. The summed E-state index contributed by atoms with van der Waals surface area (Å²) in [6, 6.07) is 0. The Bertz CT molecular complexity index is 301. The average molecular weight is 282 g/mol. The van der Waals surface area contributed by atoms with E-state index >= 15 is 0 Å². The molecule has 0 radical (unpaired) electrons. The van der Waals surface area contributed by atoms with E-state index in [9.17, 15) is 10.2 Å². The summed E-state index contributed by atoms with van der Waals surface area (Å²) in [5.41, 5.74) is 2.31. The smallest absolute Gasteiger partial charge is 0.0600 e. The minimum Gasteiger partial charge on any atom is -0.393 e. The maximum Gasteiger partial charge on any atom is 0.0600 e. The quantitative estimate of drug-likeness (QED) is 0.580. The Kier molecular flexibility index (Phi) is 9.87. The summed E-state index contributed by atoms with van der Waals surface area (Å²) >= 11 is 0. The lowest BCUT2D eigenvalue weighted by Gasteiger charge is -2.20. The van der Waals surface area contributed by atoms with Crippen LogP contribution in [0.15, 0.2) is 23.8 Å². The van der Waals surface area contributed by atoms with Crippen LogP contribution < -0.4 is 0 Å². The van der Waals surface area contributed by atoms with Crippen molar-refractivity contribution in [3.05, 3.63) is 23.8 Å². The second-order valence-corrected chi connectivity index (χ2v) is 6.82. The Morgan fingerprint density at radius 2 is 1.70 bits per heavy atom. The molecule has 0 aromatic rings. The molecule has 0 aromatic carbocycles. The molecule has 0 aliphatic carbocycles. The van der Waals surface area contributed by atoms with Gasteiger partial charge in [0.05, 0.1) is 12.2 Å². The fraction of sp³-hybridized carbons (Fsp3) is 0.778. The molecule has 2 N–H and O–H groups in total. The van der Waals surface area contributed by atoms with E-state index in [-0.39, 0.29) is 18.1 Å². The van der Waals surface area contributed by atoms with E-state index < -0.39 is 0 Å². The predicted octanol–water partition coefficient (Wildman–Crippen LogP) is 4.47. The molecule has 0 aliphatic heterocycles. The van der Waals surface area contributed by atoms with Crippen LogP contribution in [0.4, 0.5) is 0 Å². The second kappa shape index (κ2) is 10.2. The van der Waals surface area contributed by atoms with Gasteiger partial charge in [0.25, 0.3) is 0 Å². The summed E-state index contributed by atoms with van der Waals surface area (Å²) < 4.78 is 0. The summed E-state index contributed by atoms with van der Waals surface area (Å²) in [6.45, 7) is 14.4. The first-order valence-electron chi connectivity index (χ1n) is 7.88. The van der Waals surface area contributed by atoms with Crippen molar-refractivity contribution in [2.75, 3.05) is 0 Å². The third-order valence-corrected chi connectivity index (χ3v) is 3.68. The van der Waals surface area contributed by atoms with Gasteiger partial charge in [0.1, 0.15) is 0 Å². The van der Waals surface area contributed by atoms with E-state index in [1.165, 1.54) is 5.57 Å². The fourth-order valence-corrected chi connectivity index (χ4v) is 2.27. The van der Waals surface area contributed by atoms with Crippen LogP contribution in [0.5, 0.6) is 0 Å². The molecule has 3 atom stereocenters. The van der Waals surface area contributed by atoms with Crippen LogP contribution in [0.3, 0.4) is 0 Å². The highest BCUT2D eigenvalue weighted by Gasteiger charge is 2.15. The Morgan fingerprint density at radius 1 is 1.10 bits per heavy atom. The van der Waals surface area contributed by atoms with Crippen molar-refractivity contribution >= 4 is 0 Å². The highest BCUT2D eigenvalue weighted by atomic mass is 16.3. The van der Waals surface area contributed by atoms with Gasteiger partial charge in [0, 0.05) is 0 Å². The van der Waals surface area contributed by atoms with Gasteiger partial charge in [0.15, 0.2) is 0 Å². The van der Waals surface area contributed by atoms with Crippen LogP contribution in [-0.2, 0) is 0 Å². The van der Waals surface area contributed by atoms with Gasteiger partial charge in [-0.2, -0.15) is 0 Å². The van der Waals surface area contributed by atoms with E-state index in [0.717, 1.165) is 24.8 Å². The molecule has 0 spiro atoms. The minimum atomic E-state index is -0.343. The van der Waals surface area contributed by atoms with Crippen LogP contribution in [0.25, 0.3) is 0 Å². The van der Waals surface area contributed by atoms with Crippen molar-refractivity contribution in [3.8, 4) is 0 Å². The zero-order valence-corrected chi connectivity index (χ0v) is 14.0. The molecule has 0 bridgehead atoms. The lowest BCUT2D eigenvalue weighted by Crippen LogP contribution is -2.18. The van der Waals surface area contributed by atoms with E-state index in [4.69, 9.17) is 0 Å². The van der Waals surface area contributed by atoms with Crippen molar-refractivity contribution in [2.24, 2.45) is 11.8 Å². The molecule has 0 rings (SSSR count). The zero-order chi connectivity index (χ0) is 15.7. The third kappa shape index (κ3) is 10.2. The Balaban J connectivity index is 3.94. The Hall–Kier alpha value is -0.600. The topological polar surface area (TPSA) is 40.5 Å². The van der Waals surface area contributed by atoms with E-state index in [2.05, 4.69) is 33.4 Å². The lowest BCUT2D eigenvalue weighted by molar-refractivity contribution is 0.115. The molecule has 0 aliphatic rings. The summed E-state index contributed by atoms with van der Waals surface area (Å²) in [5.74, 6) is 0.760. The Labute approximate surface area is 125 Å². The fourth-order valence-electron chi connectivity index (χ4n) is 2.27. The lowest BCUT2D eigenvalue weighted by atomic mass is 9.92. The van der Waals surface area contributed by atoms with Crippen LogP contribution in [0, 0.1) is 11.8 Å². The normalized spacial score (nSPS) is 15.8. The van der Waals surface area contributed by atoms with Crippen LogP contribution in [0.2, 0.25) is 0 Å². The largest absolute Gasteiger partial charge is 0.393 e. The van der Waals surface area contributed by atoms with Crippen molar-refractivity contribution in [1.82, 2.24) is 0 Å². The van der Waals surface area contributed by atoms with Crippen molar-refractivity contribution in [3.63, 3.8) is 0 Å². The first-order chi connectivity index (χ1) is 9.22. The van der Waals surface area contributed by atoms with Crippen molar-refractivity contribution in [2.45, 2.75) is 78.9 Å². The van der Waals surface area contributed by atoms with Crippen LogP contribution >= 0.6 is 0 Å². The average Bonchev–Trinajstić information content (AvgIpc) is 2.27. The zero-order valence-electron chi connectivity index (χ0n) is 14.0. The van der Waals surface area contributed by atoms with E-state index in [1.54, 1.807) is 0 Å². The number of aliphatic hydroxyl groups excluding tert-OH is 2. The first-order valence-corrected chi connectivity index (χ1v) is 7.88. The molecule has 2 heteroatoms. The molecule has 0 saturated carbocycles. The van der Waals surface area contributed by atoms with Crippen LogP contribution in [0.1, 0.15) is 66.7 Å². The summed E-state index contributed by atoms with van der Waals surface area (Å²) in [5, 5.41) is 19.9. The number of hydrogen-bond acceptors (Lipinski definition) is 2. The van der Waals surface area contributed by atoms with Crippen LogP contribution in [-0.4, -0.2) is 22.4 Å². The minimum absolute atomic E-state index is 0.242. The van der Waals surface area contributed by atoms with E-state index in [1.807, 2.05) is 13.8 Å². The van der Waals surface area contributed by atoms with Gasteiger partial charge >= 0.3 is 0 Å². The Morgan fingerprint density at radius 3 is 2.20 bits per heavy atom. The van der Waals surface area contributed by atoms with Crippen molar-refractivity contribution < 1.29 is 10.2 Å². The molecule has 0 unspecified atom stereocenters. The molecule has 118 valence electrons. The van der Waals surface area contributed by atoms with Crippen molar-refractivity contribution in [1.29, 1.82) is 0 Å². The molecule has 0 aromatic heterocycles. The summed E-state index contributed by atoms with van der Waals surface area (Å²) in [6.07, 6.45) is 5.80. The third-order valence-electron chi connectivity index (χ3n) is 3.68. The number of hydrogen-bond donors (Lipinski definition) is 2. The predicted molar refractivity (Wildman–Crippen MR) is 87.7 cm³/mol. The summed E-state index contributed by atoms with van der Waals surface area (Å²) in [7, 11) is 0. The standard InChI is InChI=1S/C18H34O2/c1-13(2)8-7-9-15(5)10-17(19)11-16(6)12-18(20)14(3)4/h8,14-15,17-20H,6-7,9-12H2,1-5H3/t15-,17-,18-/m0/s1. The highest BCUT2D eigenvalue weighted by molar-refractivity contribution is 4.99. The maximum atomic E-state index is 10.1. The highest BCUT2D eigenvalue weighted by Crippen LogP contribution is 2.20. The van der Waals surface area contributed by atoms with Gasteiger partial charge < -0.3 is 10.2 Å². The first kappa shape index (κ1) is 19.4. The molecule has 0 heterocycles.